The van der Waals surface area contributed by atoms with Crippen molar-refractivity contribution in [3.63, 3.8) is 0 Å². The van der Waals surface area contributed by atoms with Crippen molar-refractivity contribution in [3.05, 3.63) is 66.2 Å². The molecule has 0 amide bonds. The lowest BCUT2D eigenvalue weighted by Gasteiger charge is -2.24. The van der Waals surface area contributed by atoms with Crippen LogP contribution in [0.3, 0.4) is 0 Å². The number of aromatic nitrogens is 3. The zero-order valence-corrected chi connectivity index (χ0v) is 12.8. The van der Waals surface area contributed by atoms with Crippen molar-refractivity contribution in [2.45, 2.75) is 11.8 Å². The van der Waals surface area contributed by atoms with Gasteiger partial charge in [0.15, 0.2) is 0 Å². The molecule has 4 aromatic rings. The molecule has 5 rings (SSSR count). The fourth-order valence-electron chi connectivity index (χ4n) is 3.39. The molecule has 1 N–H and O–H groups in total. The summed E-state index contributed by atoms with van der Waals surface area (Å²) in [6, 6.07) is 15.3. The van der Waals surface area contributed by atoms with Gasteiger partial charge in [-0.1, -0.05) is 30.3 Å². The van der Waals surface area contributed by atoms with Gasteiger partial charge in [0.1, 0.15) is 0 Å². The summed E-state index contributed by atoms with van der Waals surface area (Å²) in [5.41, 5.74) is 5.09. The summed E-state index contributed by atoms with van der Waals surface area (Å²) in [7, 11) is 0. The van der Waals surface area contributed by atoms with Crippen LogP contribution in [-0.4, -0.2) is 20.3 Å². The van der Waals surface area contributed by atoms with Gasteiger partial charge in [0.25, 0.3) is 0 Å². The summed E-state index contributed by atoms with van der Waals surface area (Å²) in [5.74, 6) is 1.14. The lowest BCUT2D eigenvalue weighted by atomic mass is 10.1. The van der Waals surface area contributed by atoms with Crippen molar-refractivity contribution in [2.24, 2.45) is 0 Å². The molecule has 1 aliphatic rings. The Balaban J connectivity index is 1.69. The minimum absolute atomic E-state index is 0.382. The molecule has 0 saturated heterocycles. The number of rotatable bonds is 1. The standard InChI is InChI=1S/C18H15N3S/c1-2-4-15-13(3-1)14-6-5-12(9-16(14)20-15)18-17-10-19-11-21(17)7-8-22-18/h1-6,9-11,18,20H,7-8H2. The Bertz CT molecular complexity index is 982. The Morgan fingerprint density at radius 1 is 1.09 bits per heavy atom. The monoisotopic (exact) mass is 305 g/mol. The van der Waals surface area contributed by atoms with Crippen LogP contribution in [0.2, 0.25) is 0 Å². The third-order valence-electron chi connectivity index (χ3n) is 4.46. The largest absolute Gasteiger partial charge is 0.355 e. The zero-order chi connectivity index (χ0) is 14.5. The highest BCUT2D eigenvalue weighted by atomic mass is 32.2. The molecule has 0 radical (unpaired) electrons. The third kappa shape index (κ3) is 1.74. The van der Waals surface area contributed by atoms with E-state index in [1.165, 1.54) is 33.1 Å². The number of nitrogens with zero attached hydrogens (tertiary/aromatic N) is 2. The molecule has 1 aliphatic heterocycles. The number of hydrogen-bond donors (Lipinski definition) is 1. The number of fused-ring (bicyclic) bond motifs is 4. The molecular formula is C18H15N3S. The van der Waals surface area contributed by atoms with Crippen molar-refractivity contribution in [3.8, 4) is 0 Å². The SMILES string of the molecule is c1ccc2c(c1)[nH]c1cc(C3SCCn4cncc43)ccc12. The number of nitrogens with one attached hydrogen (secondary N) is 1. The Labute approximate surface area is 132 Å². The molecule has 3 nitrogen and oxygen atoms in total. The van der Waals surface area contributed by atoms with E-state index in [0.717, 1.165) is 12.3 Å². The van der Waals surface area contributed by atoms with Crippen LogP contribution in [-0.2, 0) is 6.54 Å². The van der Waals surface area contributed by atoms with E-state index in [-0.39, 0.29) is 0 Å². The van der Waals surface area contributed by atoms with Crippen LogP contribution in [0.5, 0.6) is 0 Å². The second-order valence-electron chi connectivity index (χ2n) is 5.74. The van der Waals surface area contributed by atoms with E-state index in [1.54, 1.807) is 0 Å². The molecule has 4 heteroatoms. The maximum atomic E-state index is 4.32. The second kappa shape index (κ2) is 4.65. The maximum absolute atomic E-state index is 4.32. The van der Waals surface area contributed by atoms with E-state index in [4.69, 9.17) is 0 Å². The first kappa shape index (κ1) is 12.4. The van der Waals surface area contributed by atoms with E-state index in [2.05, 4.69) is 57.0 Å². The van der Waals surface area contributed by atoms with E-state index >= 15 is 0 Å². The van der Waals surface area contributed by atoms with Gasteiger partial charge in [-0.05, 0) is 17.7 Å². The number of aromatic amines is 1. The highest BCUT2D eigenvalue weighted by molar-refractivity contribution is 7.99. The predicted molar refractivity (Wildman–Crippen MR) is 92.3 cm³/mol. The summed E-state index contributed by atoms with van der Waals surface area (Å²) in [6.45, 7) is 1.06. The smallest absolute Gasteiger partial charge is 0.0948 e. The van der Waals surface area contributed by atoms with Crippen molar-refractivity contribution >= 4 is 33.6 Å². The predicted octanol–water partition coefficient (Wildman–Crippen LogP) is 4.35. The Morgan fingerprint density at radius 2 is 2.00 bits per heavy atom. The second-order valence-corrected chi connectivity index (χ2v) is 6.95. The van der Waals surface area contributed by atoms with E-state index < -0.39 is 0 Å². The molecule has 108 valence electrons. The normalized spacial score (nSPS) is 17.9. The molecule has 0 fully saturated rings. The zero-order valence-electron chi connectivity index (χ0n) is 12.0. The van der Waals surface area contributed by atoms with Crippen LogP contribution in [0, 0.1) is 0 Å². The minimum atomic E-state index is 0.382. The maximum Gasteiger partial charge on any atom is 0.0948 e. The van der Waals surface area contributed by atoms with Crippen LogP contribution in [0.1, 0.15) is 16.5 Å². The fraction of sp³-hybridized carbons (Fsp3) is 0.167. The van der Waals surface area contributed by atoms with E-state index in [1.807, 2.05) is 24.3 Å². The first-order chi connectivity index (χ1) is 10.9. The van der Waals surface area contributed by atoms with Gasteiger partial charge in [0.05, 0.1) is 17.3 Å². The van der Waals surface area contributed by atoms with Crippen LogP contribution in [0.4, 0.5) is 0 Å². The fourth-order valence-corrected chi connectivity index (χ4v) is 4.64. The van der Waals surface area contributed by atoms with Crippen molar-refractivity contribution in [1.82, 2.24) is 14.5 Å². The molecule has 0 aliphatic carbocycles. The summed E-state index contributed by atoms with van der Waals surface area (Å²) < 4.78 is 2.27. The number of thioether (sulfide) groups is 1. The highest BCUT2D eigenvalue weighted by Crippen LogP contribution is 2.40. The average Bonchev–Trinajstić information content (AvgIpc) is 3.18. The molecule has 0 spiro atoms. The molecule has 1 atom stereocenters. The molecule has 0 bridgehead atoms. The van der Waals surface area contributed by atoms with Gasteiger partial charge in [-0.25, -0.2) is 4.98 Å². The average molecular weight is 305 g/mol. The number of aryl methyl sites for hydroxylation is 1. The third-order valence-corrected chi connectivity index (χ3v) is 5.73. The Kier molecular flexibility index (Phi) is 2.61. The molecule has 2 aromatic carbocycles. The van der Waals surface area contributed by atoms with Gasteiger partial charge in [-0.2, -0.15) is 0 Å². The van der Waals surface area contributed by atoms with Crippen LogP contribution >= 0.6 is 11.8 Å². The first-order valence-corrected chi connectivity index (χ1v) is 8.57. The van der Waals surface area contributed by atoms with Crippen molar-refractivity contribution < 1.29 is 0 Å². The molecule has 0 saturated carbocycles. The highest BCUT2D eigenvalue weighted by Gasteiger charge is 2.23. The van der Waals surface area contributed by atoms with Gasteiger partial charge < -0.3 is 9.55 Å². The van der Waals surface area contributed by atoms with Crippen molar-refractivity contribution in [2.75, 3.05) is 5.75 Å². The van der Waals surface area contributed by atoms with Gasteiger partial charge in [-0.15, -0.1) is 11.8 Å². The number of hydrogen-bond acceptors (Lipinski definition) is 2. The Morgan fingerprint density at radius 3 is 3.00 bits per heavy atom. The number of H-pyrrole nitrogens is 1. The van der Waals surface area contributed by atoms with Gasteiger partial charge in [0.2, 0.25) is 0 Å². The summed E-state index contributed by atoms with van der Waals surface area (Å²) >= 11 is 2.00. The lowest BCUT2D eigenvalue weighted by molar-refractivity contribution is 0.709. The minimum Gasteiger partial charge on any atom is -0.355 e. The number of imidazole rings is 1. The van der Waals surface area contributed by atoms with Crippen LogP contribution in [0.25, 0.3) is 21.8 Å². The first-order valence-electron chi connectivity index (χ1n) is 7.52. The Hall–Kier alpha value is -2.20. The molecule has 3 heterocycles. The van der Waals surface area contributed by atoms with Crippen LogP contribution < -0.4 is 0 Å². The van der Waals surface area contributed by atoms with Crippen molar-refractivity contribution in [1.29, 1.82) is 0 Å². The van der Waals surface area contributed by atoms with Gasteiger partial charge in [0, 0.05) is 40.3 Å². The molecular weight excluding hydrogens is 290 g/mol. The summed E-state index contributed by atoms with van der Waals surface area (Å²) in [5, 5.41) is 2.98. The van der Waals surface area contributed by atoms with Gasteiger partial charge in [-0.3, -0.25) is 0 Å². The summed E-state index contributed by atoms with van der Waals surface area (Å²) in [4.78, 5) is 7.86. The number of benzene rings is 2. The van der Waals surface area contributed by atoms with Crippen LogP contribution in [0.15, 0.2) is 55.0 Å². The lowest BCUT2D eigenvalue weighted by Crippen LogP contribution is -2.14. The number of para-hydroxylation sites is 1. The topological polar surface area (TPSA) is 33.6 Å². The molecule has 2 aromatic heterocycles. The van der Waals surface area contributed by atoms with E-state index in [0.29, 0.717) is 5.25 Å². The van der Waals surface area contributed by atoms with Gasteiger partial charge >= 0.3 is 0 Å². The summed E-state index contributed by atoms with van der Waals surface area (Å²) in [6.07, 6.45) is 3.95. The molecule has 1 unspecified atom stereocenters. The molecule has 22 heavy (non-hydrogen) atoms. The van der Waals surface area contributed by atoms with E-state index in [9.17, 15) is 0 Å². The quantitative estimate of drug-likeness (QED) is 0.567.